The molecule has 1 unspecified atom stereocenters. The van der Waals surface area contributed by atoms with E-state index in [0.717, 1.165) is 31.7 Å². The molecule has 6 heteroatoms. The van der Waals surface area contributed by atoms with E-state index in [1.807, 2.05) is 38.4 Å². The highest BCUT2D eigenvalue weighted by Gasteiger charge is 2.50. The minimum atomic E-state index is -0.407. The van der Waals surface area contributed by atoms with Gasteiger partial charge in [0, 0.05) is 12.7 Å². The maximum Gasteiger partial charge on any atom is 0.184 e. The summed E-state index contributed by atoms with van der Waals surface area (Å²) in [5.41, 5.74) is -0.814. The van der Waals surface area contributed by atoms with Crippen molar-refractivity contribution < 1.29 is 14.4 Å². The average molecular weight is 281 g/mol. The molecule has 112 valence electrons. The van der Waals surface area contributed by atoms with Crippen LogP contribution >= 0.6 is 0 Å². The van der Waals surface area contributed by atoms with Crippen molar-refractivity contribution in [2.24, 2.45) is 0 Å². The Labute approximate surface area is 119 Å². The molecule has 3 heterocycles. The highest BCUT2D eigenvalue weighted by Crippen LogP contribution is 2.40. The van der Waals surface area contributed by atoms with E-state index in [9.17, 15) is 0 Å². The summed E-state index contributed by atoms with van der Waals surface area (Å²) in [6.07, 6.45) is 4.95. The monoisotopic (exact) mass is 281 g/mol. The highest BCUT2D eigenvalue weighted by atomic mass is 17.0. The van der Waals surface area contributed by atoms with Gasteiger partial charge in [-0.2, -0.15) is 5.10 Å². The van der Waals surface area contributed by atoms with Crippen molar-refractivity contribution in [1.29, 1.82) is 0 Å². The molecule has 1 aromatic heterocycles. The first kappa shape index (κ1) is 13.9. The molecule has 0 amide bonds. The van der Waals surface area contributed by atoms with Crippen molar-refractivity contribution in [3.05, 3.63) is 12.3 Å². The Hall–Kier alpha value is -1.11. The smallest absolute Gasteiger partial charge is 0.184 e. The van der Waals surface area contributed by atoms with Gasteiger partial charge in [-0.1, -0.05) is 0 Å². The van der Waals surface area contributed by atoms with Crippen LogP contribution in [0.1, 0.15) is 53.2 Å². The zero-order valence-electron chi connectivity index (χ0n) is 12.6. The summed E-state index contributed by atoms with van der Waals surface area (Å²) in [5.74, 6) is 0.774. The summed E-state index contributed by atoms with van der Waals surface area (Å²) in [5, 5.41) is 5.85. The number of hydrogen-bond donors (Lipinski definition) is 0. The van der Waals surface area contributed by atoms with Crippen LogP contribution in [0, 0.1) is 0 Å². The number of ether oxygens (including phenoxy) is 1. The Morgan fingerprint density at radius 2 is 1.85 bits per heavy atom. The van der Waals surface area contributed by atoms with E-state index in [1.54, 1.807) is 6.20 Å². The van der Waals surface area contributed by atoms with E-state index >= 15 is 0 Å². The van der Waals surface area contributed by atoms with E-state index in [2.05, 4.69) is 5.10 Å². The molecule has 0 N–H and O–H groups in total. The van der Waals surface area contributed by atoms with Crippen LogP contribution in [-0.2, 0) is 14.4 Å². The molecule has 20 heavy (non-hydrogen) atoms. The summed E-state index contributed by atoms with van der Waals surface area (Å²) in [7, 11) is 0. The minimum absolute atomic E-state index is 0.0345. The first-order chi connectivity index (χ1) is 9.41. The third-order valence-electron chi connectivity index (χ3n) is 4.34. The van der Waals surface area contributed by atoms with Gasteiger partial charge in [0.2, 0.25) is 0 Å². The van der Waals surface area contributed by atoms with Crippen molar-refractivity contribution in [3.8, 4) is 0 Å². The van der Waals surface area contributed by atoms with Gasteiger partial charge in [-0.3, -0.25) is 0 Å². The molecule has 0 saturated carbocycles. The van der Waals surface area contributed by atoms with E-state index in [1.165, 1.54) is 5.23 Å². The predicted molar refractivity (Wildman–Crippen MR) is 73.9 cm³/mol. The van der Waals surface area contributed by atoms with Crippen LogP contribution in [0.25, 0.3) is 0 Å². The minimum Gasteiger partial charge on any atom is -0.356 e. The van der Waals surface area contributed by atoms with Crippen molar-refractivity contribution in [2.75, 3.05) is 11.8 Å². The lowest BCUT2D eigenvalue weighted by Gasteiger charge is -2.26. The predicted octanol–water partition coefficient (Wildman–Crippen LogP) is 2.82. The third-order valence-corrected chi connectivity index (χ3v) is 4.34. The molecule has 2 aliphatic heterocycles. The molecule has 2 saturated heterocycles. The Morgan fingerprint density at radius 1 is 1.15 bits per heavy atom. The summed E-state index contributed by atoms with van der Waals surface area (Å²) in [6.45, 7) is 8.86. The number of anilines is 1. The number of hydrogen-bond acceptors (Lipinski definition) is 5. The molecule has 0 aromatic carbocycles. The van der Waals surface area contributed by atoms with Gasteiger partial charge >= 0.3 is 0 Å². The Morgan fingerprint density at radius 3 is 2.45 bits per heavy atom. The summed E-state index contributed by atoms with van der Waals surface area (Å²) >= 11 is 0. The second kappa shape index (κ2) is 4.72. The fraction of sp³-hybridized carbons (Fsp3) is 0.786. The second-order valence-electron chi connectivity index (χ2n) is 6.42. The van der Waals surface area contributed by atoms with Gasteiger partial charge in [0.1, 0.15) is 11.2 Å². The molecular formula is C14H23N3O3. The normalized spacial score (nSPS) is 28.8. The lowest BCUT2D eigenvalue weighted by Crippen LogP contribution is -2.41. The van der Waals surface area contributed by atoms with Crippen LogP contribution in [-0.4, -0.2) is 27.6 Å². The van der Waals surface area contributed by atoms with Crippen LogP contribution in [0.15, 0.2) is 12.3 Å². The summed E-state index contributed by atoms with van der Waals surface area (Å²) in [6, 6.07) is 1.88. The molecule has 0 radical (unpaired) electrons. The standard InChI is InChI=1S/C14H23N3O3/c1-13(2)14(3,4)20-17(19-13)11-8-9-15-16(11)12-7-5-6-10-18-12/h8-9,12H,5-7,10H2,1-4H3. The molecule has 0 bridgehead atoms. The molecule has 0 spiro atoms. The van der Waals surface area contributed by atoms with Gasteiger partial charge in [-0.15, -0.1) is 5.23 Å². The van der Waals surface area contributed by atoms with E-state index in [4.69, 9.17) is 14.4 Å². The molecule has 6 nitrogen and oxygen atoms in total. The lowest BCUT2D eigenvalue weighted by atomic mass is 9.90. The van der Waals surface area contributed by atoms with Crippen molar-refractivity contribution in [2.45, 2.75) is 64.4 Å². The van der Waals surface area contributed by atoms with Crippen LogP contribution in [0.2, 0.25) is 0 Å². The second-order valence-corrected chi connectivity index (χ2v) is 6.42. The number of nitrogens with zero attached hydrogens (tertiary/aromatic N) is 3. The van der Waals surface area contributed by atoms with E-state index in [-0.39, 0.29) is 6.23 Å². The SMILES string of the molecule is CC1(C)ON(c2ccnn2C2CCCCO2)OC1(C)C. The van der Waals surface area contributed by atoms with Gasteiger partial charge in [0.25, 0.3) is 0 Å². The lowest BCUT2D eigenvalue weighted by molar-refractivity contribution is -0.0580. The fourth-order valence-corrected chi connectivity index (χ4v) is 2.34. The van der Waals surface area contributed by atoms with Gasteiger partial charge < -0.3 is 4.74 Å². The molecule has 2 fully saturated rings. The van der Waals surface area contributed by atoms with Crippen LogP contribution in [0.4, 0.5) is 5.82 Å². The third kappa shape index (κ3) is 2.21. The van der Waals surface area contributed by atoms with Crippen LogP contribution in [0.5, 0.6) is 0 Å². The Balaban J connectivity index is 1.84. The Bertz CT molecular complexity index is 462. The van der Waals surface area contributed by atoms with Crippen molar-refractivity contribution in [3.63, 3.8) is 0 Å². The summed E-state index contributed by atoms with van der Waals surface area (Å²) < 4.78 is 7.63. The van der Waals surface area contributed by atoms with E-state index in [0.29, 0.717) is 0 Å². The van der Waals surface area contributed by atoms with Crippen LogP contribution < -0.4 is 5.23 Å². The average Bonchev–Trinajstić information content (AvgIpc) is 2.94. The molecule has 2 aliphatic rings. The quantitative estimate of drug-likeness (QED) is 0.834. The largest absolute Gasteiger partial charge is 0.356 e. The fourth-order valence-electron chi connectivity index (χ4n) is 2.34. The van der Waals surface area contributed by atoms with Gasteiger partial charge in [-0.05, 0) is 47.0 Å². The number of rotatable bonds is 2. The van der Waals surface area contributed by atoms with Gasteiger partial charge in [0.15, 0.2) is 12.0 Å². The number of aromatic nitrogens is 2. The highest BCUT2D eigenvalue weighted by molar-refractivity contribution is 5.34. The van der Waals surface area contributed by atoms with Crippen LogP contribution in [0.3, 0.4) is 0 Å². The topological polar surface area (TPSA) is 48.8 Å². The Kier molecular flexibility index (Phi) is 3.27. The molecular weight excluding hydrogens is 258 g/mol. The zero-order chi connectivity index (χ0) is 14.4. The first-order valence-electron chi connectivity index (χ1n) is 7.24. The zero-order valence-corrected chi connectivity index (χ0v) is 12.6. The van der Waals surface area contributed by atoms with E-state index < -0.39 is 11.2 Å². The maximum atomic E-state index is 5.93. The van der Waals surface area contributed by atoms with Crippen molar-refractivity contribution >= 4 is 5.82 Å². The van der Waals surface area contributed by atoms with Gasteiger partial charge in [-0.25, -0.2) is 14.4 Å². The summed E-state index contributed by atoms with van der Waals surface area (Å²) in [4.78, 5) is 11.9. The molecule has 1 aromatic rings. The molecule has 1 atom stereocenters. The first-order valence-corrected chi connectivity index (χ1v) is 7.24. The molecule has 0 aliphatic carbocycles. The molecule has 3 rings (SSSR count). The maximum absolute atomic E-state index is 5.93. The van der Waals surface area contributed by atoms with Crippen molar-refractivity contribution in [1.82, 2.24) is 9.78 Å². The van der Waals surface area contributed by atoms with Gasteiger partial charge in [0.05, 0.1) is 6.20 Å².